The lowest BCUT2D eigenvalue weighted by Crippen LogP contribution is -2.32. The minimum absolute atomic E-state index is 0.448. The van der Waals surface area contributed by atoms with Gasteiger partial charge in [-0.15, -0.1) is 0 Å². The highest BCUT2D eigenvalue weighted by Crippen LogP contribution is 2.38. The number of hydrogen-bond acceptors (Lipinski definition) is 3. The van der Waals surface area contributed by atoms with Gasteiger partial charge < -0.3 is 5.32 Å². The molecule has 1 aromatic rings. The van der Waals surface area contributed by atoms with Crippen molar-refractivity contribution in [3.8, 4) is 0 Å². The van der Waals surface area contributed by atoms with Crippen molar-refractivity contribution in [2.75, 3.05) is 5.32 Å². The SMILES string of the molecule is CCc1ncnc(N[C@H]2CC[C@@H](C(C)(C)C)CC2)c1I. The number of rotatable bonds is 3. The predicted molar refractivity (Wildman–Crippen MR) is 93.0 cm³/mol. The van der Waals surface area contributed by atoms with Crippen LogP contribution in [0.3, 0.4) is 0 Å². The topological polar surface area (TPSA) is 37.8 Å². The molecule has 0 aliphatic heterocycles. The largest absolute Gasteiger partial charge is 0.366 e. The first-order valence-electron chi connectivity index (χ1n) is 7.67. The van der Waals surface area contributed by atoms with E-state index in [1.807, 2.05) is 0 Å². The molecule has 4 heteroatoms. The van der Waals surface area contributed by atoms with Gasteiger partial charge in [0.15, 0.2) is 0 Å². The minimum Gasteiger partial charge on any atom is -0.366 e. The Morgan fingerprint density at radius 1 is 1.20 bits per heavy atom. The van der Waals surface area contributed by atoms with Crippen molar-refractivity contribution in [1.29, 1.82) is 0 Å². The lowest BCUT2D eigenvalue weighted by Gasteiger charge is -2.37. The Labute approximate surface area is 136 Å². The maximum atomic E-state index is 4.42. The molecular formula is C16H26IN3. The molecule has 1 aliphatic rings. The zero-order chi connectivity index (χ0) is 14.8. The number of aromatic nitrogens is 2. The standard InChI is InChI=1S/C16H26IN3/c1-5-13-14(17)15(19-10-18-13)20-12-8-6-11(7-9-12)16(2,3)4/h10-12H,5-9H2,1-4H3,(H,18,19,20)/t11-,12+. The van der Waals surface area contributed by atoms with E-state index in [9.17, 15) is 0 Å². The molecule has 2 rings (SSSR count). The zero-order valence-corrected chi connectivity index (χ0v) is 15.2. The van der Waals surface area contributed by atoms with Crippen LogP contribution in [0.2, 0.25) is 0 Å². The lowest BCUT2D eigenvalue weighted by molar-refractivity contribution is 0.173. The molecule has 0 unspecified atom stereocenters. The van der Waals surface area contributed by atoms with Crippen LogP contribution in [0.1, 0.15) is 59.1 Å². The Balaban J connectivity index is 1.96. The van der Waals surface area contributed by atoms with Gasteiger partial charge in [0.2, 0.25) is 0 Å². The van der Waals surface area contributed by atoms with E-state index in [0.29, 0.717) is 11.5 Å². The second-order valence-electron chi connectivity index (χ2n) is 6.90. The summed E-state index contributed by atoms with van der Waals surface area (Å²) >= 11 is 2.37. The minimum atomic E-state index is 0.448. The van der Waals surface area contributed by atoms with Crippen molar-refractivity contribution in [3.05, 3.63) is 15.6 Å². The highest BCUT2D eigenvalue weighted by molar-refractivity contribution is 14.1. The van der Waals surface area contributed by atoms with E-state index >= 15 is 0 Å². The summed E-state index contributed by atoms with van der Waals surface area (Å²) < 4.78 is 1.19. The molecule has 1 N–H and O–H groups in total. The molecule has 20 heavy (non-hydrogen) atoms. The Bertz CT molecular complexity index is 446. The number of halogens is 1. The molecule has 0 spiro atoms. The van der Waals surface area contributed by atoms with Gasteiger partial charge in [-0.3, -0.25) is 0 Å². The fourth-order valence-electron chi connectivity index (χ4n) is 3.05. The molecule has 0 amide bonds. The van der Waals surface area contributed by atoms with E-state index in [2.05, 4.69) is 65.6 Å². The normalized spacial score (nSPS) is 23.6. The average molecular weight is 387 g/mol. The van der Waals surface area contributed by atoms with Crippen LogP contribution >= 0.6 is 22.6 Å². The van der Waals surface area contributed by atoms with Gasteiger partial charge in [-0.2, -0.15) is 0 Å². The van der Waals surface area contributed by atoms with Crippen molar-refractivity contribution < 1.29 is 0 Å². The van der Waals surface area contributed by atoms with Crippen molar-refractivity contribution >= 4 is 28.4 Å². The molecule has 0 aromatic carbocycles. The van der Waals surface area contributed by atoms with Gasteiger partial charge in [-0.25, -0.2) is 9.97 Å². The summed E-state index contributed by atoms with van der Waals surface area (Å²) in [7, 11) is 0. The summed E-state index contributed by atoms with van der Waals surface area (Å²) in [4.78, 5) is 8.76. The Hall–Kier alpha value is -0.390. The Kier molecular flexibility index (Phi) is 5.26. The lowest BCUT2D eigenvalue weighted by atomic mass is 9.71. The molecule has 1 saturated carbocycles. The van der Waals surface area contributed by atoms with E-state index in [1.54, 1.807) is 6.33 Å². The van der Waals surface area contributed by atoms with Gasteiger partial charge in [-0.05, 0) is 66.0 Å². The first kappa shape index (κ1) is 16.0. The van der Waals surface area contributed by atoms with E-state index in [4.69, 9.17) is 0 Å². The molecule has 1 fully saturated rings. The Morgan fingerprint density at radius 3 is 2.40 bits per heavy atom. The summed E-state index contributed by atoms with van der Waals surface area (Å²) in [6, 6.07) is 0.571. The van der Waals surface area contributed by atoms with Crippen molar-refractivity contribution in [1.82, 2.24) is 9.97 Å². The van der Waals surface area contributed by atoms with Gasteiger partial charge in [0.25, 0.3) is 0 Å². The van der Waals surface area contributed by atoms with Crippen LogP contribution in [-0.2, 0) is 6.42 Å². The van der Waals surface area contributed by atoms with Crippen molar-refractivity contribution in [3.63, 3.8) is 0 Å². The van der Waals surface area contributed by atoms with E-state index in [1.165, 1.54) is 29.3 Å². The molecule has 0 saturated heterocycles. The maximum Gasteiger partial charge on any atom is 0.143 e. The fraction of sp³-hybridized carbons (Fsp3) is 0.750. The second kappa shape index (κ2) is 6.58. The molecule has 1 aromatic heterocycles. The molecule has 3 nitrogen and oxygen atoms in total. The molecule has 0 radical (unpaired) electrons. The Morgan fingerprint density at radius 2 is 1.85 bits per heavy atom. The monoisotopic (exact) mass is 387 g/mol. The number of nitrogens with zero attached hydrogens (tertiary/aromatic N) is 2. The van der Waals surface area contributed by atoms with Crippen LogP contribution in [0, 0.1) is 14.9 Å². The summed E-state index contributed by atoms with van der Waals surface area (Å²) in [5.41, 5.74) is 1.59. The van der Waals surface area contributed by atoms with Gasteiger partial charge in [0.1, 0.15) is 12.1 Å². The van der Waals surface area contributed by atoms with Crippen LogP contribution in [0.5, 0.6) is 0 Å². The predicted octanol–water partition coefficient (Wildman–Crippen LogP) is 4.66. The second-order valence-corrected chi connectivity index (χ2v) is 7.97. The van der Waals surface area contributed by atoms with Crippen LogP contribution in [0.15, 0.2) is 6.33 Å². The number of nitrogens with one attached hydrogen (secondary N) is 1. The fourth-order valence-corrected chi connectivity index (χ4v) is 3.87. The third-order valence-electron chi connectivity index (χ3n) is 4.49. The highest BCUT2D eigenvalue weighted by Gasteiger charge is 2.29. The first-order chi connectivity index (χ1) is 9.41. The molecule has 0 atom stereocenters. The summed E-state index contributed by atoms with van der Waals surface area (Å²) in [5, 5.41) is 3.64. The number of anilines is 1. The summed E-state index contributed by atoms with van der Waals surface area (Å²) in [6.07, 6.45) is 7.80. The summed E-state index contributed by atoms with van der Waals surface area (Å²) in [6.45, 7) is 9.24. The quantitative estimate of drug-likeness (QED) is 0.767. The van der Waals surface area contributed by atoms with Crippen LogP contribution < -0.4 is 5.32 Å². The van der Waals surface area contributed by atoms with E-state index in [-0.39, 0.29) is 0 Å². The highest BCUT2D eigenvalue weighted by atomic mass is 127. The van der Waals surface area contributed by atoms with Gasteiger partial charge in [0, 0.05) is 6.04 Å². The first-order valence-corrected chi connectivity index (χ1v) is 8.75. The van der Waals surface area contributed by atoms with Gasteiger partial charge in [-0.1, -0.05) is 27.7 Å². The van der Waals surface area contributed by atoms with Crippen LogP contribution in [0.4, 0.5) is 5.82 Å². The van der Waals surface area contributed by atoms with E-state index in [0.717, 1.165) is 23.9 Å². The maximum absolute atomic E-state index is 4.42. The molecule has 1 heterocycles. The van der Waals surface area contributed by atoms with Crippen molar-refractivity contribution in [2.24, 2.45) is 11.3 Å². The van der Waals surface area contributed by atoms with Crippen LogP contribution in [-0.4, -0.2) is 16.0 Å². The molecular weight excluding hydrogens is 361 g/mol. The molecule has 1 aliphatic carbocycles. The smallest absolute Gasteiger partial charge is 0.143 e. The van der Waals surface area contributed by atoms with Gasteiger partial charge in [0.05, 0.1) is 9.26 Å². The van der Waals surface area contributed by atoms with E-state index < -0.39 is 0 Å². The number of aryl methyl sites for hydroxylation is 1. The third-order valence-corrected chi connectivity index (χ3v) is 5.62. The molecule has 112 valence electrons. The van der Waals surface area contributed by atoms with Crippen molar-refractivity contribution in [2.45, 2.75) is 65.8 Å². The summed E-state index contributed by atoms with van der Waals surface area (Å²) in [5.74, 6) is 1.88. The van der Waals surface area contributed by atoms with Crippen LogP contribution in [0.25, 0.3) is 0 Å². The third kappa shape index (κ3) is 3.83. The number of hydrogen-bond donors (Lipinski definition) is 1. The van der Waals surface area contributed by atoms with Gasteiger partial charge >= 0.3 is 0 Å². The average Bonchev–Trinajstić information content (AvgIpc) is 2.41. The zero-order valence-electron chi connectivity index (χ0n) is 13.0. The molecule has 0 bridgehead atoms.